The summed E-state index contributed by atoms with van der Waals surface area (Å²) in [6.45, 7) is 0. The molecule has 0 bridgehead atoms. The number of pyridine rings is 1. The van der Waals surface area contributed by atoms with Gasteiger partial charge in [-0.15, -0.1) is 0 Å². The van der Waals surface area contributed by atoms with E-state index in [-0.39, 0.29) is 0 Å². The number of anilines is 1. The van der Waals surface area contributed by atoms with E-state index in [4.69, 9.17) is 10.5 Å². The van der Waals surface area contributed by atoms with Crippen LogP contribution >= 0.6 is 0 Å². The maximum atomic E-state index is 8.33. The molecule has 0 atom stereocenters. The van der Waals surface area contributed by atoms with Gasteiger partial charge in [-0.25, -0.2) is 4.98 Å². The summed E-state index contributed by atoms with van der Waals surface area (Å²) in [6, 6.07) is 4.93. The molecule has 0 fully saturated rings. The Kier molecular flexibility index (Phi) is 1.83. The minimum Gasteiger partial charge on any atom is -0.291 e. The number of hydrogen-bond donors (Lipinski definition) is 2. The predicted octanol–water partition coefficient (Wildman–Crippen LogP) is 0.754. The van der Waals surface area contributed by atoms with E-state index in [0.717, 1.165) is 0 Å². The van der Waals surface area contributed by atoms with Crippen LogP contribution in [0.25, 0.3) is 0 Å². The van der Waals surface area contributed by atoms with Gasteiger partial charge in [0.2, 0.25) is 0 Å². The second-order valence-corrected chi connectivity index (χ2v) is 1.66. The number of hydrogen-bond acceptors (Lipinski definition) is 4. The number of nitrogens with one attached hydrogen (secondary N) is 1. The average molecular weight is 135 g/mol. The molecule has 0 saturated carbocycles. The van der Waals surface area contributed by atoms with Crippen LogP contribution in [0.5, 0.6) is 0 Å². The van der Waals surface area contributed by atoms with Crippen molar-refractivity contribution in [2.75, 3.05) is 5.48 Å². The quantitative estimate of drug-likeness (QED) is 0.557. The molecule has 2 N–H and O–H groups in total. The van der Waals surface area contributed by atoms with E-state index in [2.05, 4.69) is 4.98 Å². The molecule has 1 rings (SSSR count). The molecule has 0 amide bonds. The second-order valence-electron chi connectivity index (χ2n) is 1.66. The summed E-state index contributed by atoms with van der Waals surface area (Å²) in [5.41, 5.74) is 2.71. The van der Waals surface area contributed by atoms with Crippen LogP contribution in [-0.4, -0.2) is 10.2 Å². The van der Waals surface area contributed by atoms with Crippen LogP contribution in [0.1, 0.15) is 5.69 Å². The molecule has 1 aromatic rings. The van der Waals surface area contributed by atoms with Gasteiger partial charge in [0.25, 0.3) is 0 Å². The Bertz CT molecular complexity index is 249. The number of aromatic nitrogens is 1. The lowest BCUT2D eigenvalue weighted by atomic mass is 10.3. The van der Waals surface area contributed by atoms with Crippen LogP contribution in [0.3, 0.4) is 0 Å². The molecule has 10 heavy (non-hydrogen) atoms. The predicted molar refractivity (Wildman–Crippen MR) is 34.4 cm³/mol. The largest absolute Gasteiger partial charge is 0.291 e. The van der Waals surface area contributed by atoms with Crippen molar-refractivity contribution in [2.24, 2.45) is 0 Å². The first-order valence-electron chi connectivity index (χ1n) is 2.63. The topological polar surface area (TPSA) is 68.9 Å². The Balaban J connectivity index is 2.93. The van der Waals surface area contributed by atoms with Crippen molar-refractivity contribution in [3.63, 3.8) is 0 Å². The van der Waals surface area contributed by atoms with Gasteiger partial charge >= 0.3 is 0 Å². The minimum absolute atomic E-state index is 0.332. The zero-order chi connectivity index (χ0) is 7.40. The summed E-state index contributed by atoms with van der Waals surface area (Å²) in [5, 5.41) is 16.6. The standard InChI is InChI=1S/C6H5N3O/c7-3-5-1-2-6(9-10)4-8-5/h1-2,4,9-10H. The van der Waals surface area contributed by atoms with Gasteiger partial charge in [-0.1, -0.05) is 0 Å². The van der Waals surface area contributed by atoms with E-state index in [1.807, 2.05) is 11.5 Å². The fourth-order valence-electron chi connectivity index (χ4n) is 0.526. The number of rotatable bonds is 1. The summed E-state index contributed by atoms with van der Waals surface area (Å²) in [7, 11) is 0. The van der Waals surface area contributed by atoms with E-state index in [9.17, 15) is 0 Å². The van der Waals surface area contributed by atoms with Crippen molar-refractivity contribution < 1.29 is 5.21 Å². The summed E-state index contributed by atoms with van der Waals surface area (Å²) in [5.74, 6) is 0. The molecule has 0 aliphatic rings. The summed E-state index contributed by atoms with van der Waals surface area (Å²) in [4.78, 5) is 3.68. The first-order chi connectivity index (χ1) is 4.86. The number of nitriles is 1. The lowest BCUT2D eigenvalue weighted by Crippen LogP contribution is -1.90. The van der Waals surface area contributed by atoms with Crippen LogP contribution < -0.4 is 5.48 Å². The molecule has 1 heterocycles. The van der Waals surface area contributed by atoms with Crippen LogP contribution in [0.2, 0.25) is 0 Å². The molecule has 0 saturated heterocycles. The first-order valence-corrected chi connectivity index (χ1v) is 2.63. The van der Waals surface area contributed by atoms with Crippen LogP contribution in [0.15, 0.2) is 18.3 Å². The van der Waals surface area contributed by atoms with E-state index < -0.39 is 0 Å². The van der Waals surface area contributed by atoms with E-state index in [0.29, 0.717) is 11.4 Å². The molecule has 0 spiro atoms. The van der Waals surface area contributed by atoms with E-state index in [1.165, 1.54) is 12.3 Å². The van der Waals surface area contributed by atoms with E-state index in [1.54, 1.807) is 6.07 Å². The van der Waals surface area contributed by atoms with Gasteiger partial charge in [0, 0.05) is 0 Å². The van der Waals surface area contributed by atoms with Crippen LogP contribution in [-0.2, 0) is 0 Å². The normalized spacial score (nSPS) is 8.40. The van der Waals surface area contributed by atoms with Gasteiger partial charge in [-0.3, -0.25) is 10.7 Å². The third-order valence-corrected chi connectivity index (χ3v) is 1.01. The zero-order valence-corrected chi connectivity index (χ0v) is 5.07. The zero-order valence-electron chi connectivity index (χ0n) is 5.07. The highest BCUT2D eigenvalue weighted by molar-refractivity contribution is 5.40. The van der Waals surface area contributed by atoms with Crippen molar-refractivity contribution in [3.05, 3.63) is 24.0 Å². The molecular weight excluding hydrogens is 130 g/mol. The minimum atomic E-state index is 0.332. The van der Waals surface area contributed by atoms with Crippen molar-refractivity contribution in [1.29, 1.82) is 5.26 Å². The SMILES string of the molecule is N#Cc1ccc(NO)cn1. The molecule has 4 heteroatoms. The Morgan fingerprint density at radius 2 is 2.40 bits per heavy atom. The van der Waals surface area contributed by atoms with Crippen molar-refractivity contribution in [2.45, 2.75) is 0 Å². The fraction of sp³-hybridized carbons (Fsp3) is 0. The van der Waals surface area contributed by atoms with Crippen LogP contribution in [0, 0.1) is 11.3 Å². The molecule has 0 radical (unpaired) electrons. The maximum Gasteiger partial charge on any atom is 0.140 e. The summed E-state index contributed by atoms with van der Waals surface area (Å²) >= 11 is 0. The van der Waals surface area contributed by atoms with Gasteiger partial charge in [0.15, 0.2) is 0 Å². The lowest BCUT2D eigenvalue weighted by Gasteiger charge is -1.94. The molecule has 0 unspecified atom stereocenters. The number of nitrogens with zero attached hydrogens (tertiary/aromatic N) is 2. The Labute approximate surface area is 57.7 Å². The molecule has 50 valence electrons. The highest BCUT2D eigenvalue weighted by atomic mass is 16.5. The summed E-state index contributed by atoms with van der Waals surface area (Å²) < 4.78 is 0. The highest BCUT2D eigenvalue weighted by Gasteiger charge is 1.90. The third-order valence-electron chi connectivity index (χ3n) is 1.01. The van der Waals surface area contributed by atoms with Gasteiger partial charge in [-0.2, -0.15) is 5.26 Å². The van der Waals surface area contributed by atoms with Gasteiger partial charge in [0.05, 0.1) is 11.9 Å². The average Bonchev–Trinajstić information content (AvgIpc) is 2.05. The Hall–Kier alpha value is -1.60. The van der Waals surface area contributed by atoms with Gasteiger partial charge in [-0.05, 0) is 12.1 Å². The maximum absolute atomic E-state index is 8.33. The highest BCUT2D eigenvalue weighted by Crippen LogP contribution is 2.02. The van der Waals surface area contributed by atoms with Crippen molar-refractivity contribution in [1.82, 2.24) is 4.98 Å². The molecule has 0 aliphatic carbocycles. The smallest absolute Gasteiger partial charge is 0.140 e. The van der Waals surface area contributed by atoms with Crippen molar-refractivity contribution >= 4 is 5.69 Å². The fourth-order valence-corrected chi connectivity index (χ4v) is 0.526. The van der Waals surface area contributed by atoms with Crippen LogP contribution in [0.4, 0.5) is 5.69 Å². The molecule has 4 nitrogen and oxygen atoms in total. The van der Waals surface area contributed by atoms with Gasteiger partial charge < -0.3 is 0 Å². The second kappa shape index (κ2) is 2.80. The first kappa shape index (κ1) is 6.52. The van der Waals surface area contributed by atoms with E-state index >= 15 is 0 Å². The molecular formula is C6H5N3O. The third kappa shape index (κ3) is 1.21. The van der Waals surface area contributed by atoms with Crippen molar-refractivity contribution in [3.8, 4) is 6.07 Å². The van der Waals surface area contributed by atoms with Gasteiger partial charge in [0.1, 0.15) is 11.8 Å². The molecule has 0 aromatic carbocycles. The Morgan fingerprint density at radius 1 is 1.60 bits per heavy atom. The molecule has 1 aromatic heterocycles. The molecule has 0 aliphatic heterocycles. The monoisotopic (exact) mass is 135 g/mol. The lowest BCUT2D eigenvalue weighted by molar-refractivity contribution is 0.388. The Morgan fingerprint density at radius 3 is 2.80 bits per heavy atom. The summed E-state index contributed by atoms with van der Waals surface area (Å²) in [6.07, 6.45) is 1.37.